The highest BCUT2D eigenvalue weighted by molar-refractivity contribution is 7.92. The van der Waals surface area contributed by atoms with Gasteiger partial charge in [0.1, 0.15) is 11.8 Å². The number of carbonyl (C=O) groups excluding carboxylic acids is 1. The minimum absolute atomic E-state index is 0.252. The summed E-state index contributed by atoms with van der Waals surface area (Å²) in [5, 5.41) is 3.51. The van der Waals surface area contributed by atoms with E-state index in [-0.39, 0.29) is 11.9 Å². The number of rotatable bonds is 9. The Morgan fingerprint density at radius 3 is 2.10 bits per heavy atom. The number of anilines is 1. The molecule has 2 rings (SSSR count). The highest BCUT2D eigenvalue weighted by Crippen LogP contribution is 2.26. The van der Waals surface area contributed by atoms with Crippen LogP contribution in [0.2, 0.25) is 5.02 Å². The fraction of sp³-hybridized carbons (Fsp3) is 0.409. The molecule has 0 aliphatic rings. The number of hydrogen-bond acceptors (Lipinski definition) is 4. The number of benzene rings is 2. The summed E-state index contributed by atoms with van der Waals surface area (Å²) < 4.78 is 31.2. The third-order valence-corrected chi connectivity index (χ3v) is 6.20. The lowest BCUT2D eigenvalue weighted by molar-refractivity contribution is -0.122. The number of nitrogens with one attached hydrogen (secondary N) is 1. The molecule has 2 aromatic rings. The van der Waals surface area contributed by atoms with Crippen molar-refractivity contribution in [2.75, 3.05) is 17.7 Å². The Balaban J connectivity index is 2.30. The van der Waals surface area contributed by atoms with E-state index in [2.05, 4.69) is 19.2 Å². The normalized spacial score (nSPS) is 13.6. The number of carbonyl (C=O) groups is 1. The monoisotopic (exact) mass is 452 g/mol. The lowest BCUT2D eigenvalue weighted by atomic mass is 9.96. The van der Waals surface area contributed by atoms with Gasteiger partial charge in [0.25, 0.3) is 0 Å². The van der Waals surface area contributed by atoms with Gasteiger partial charge in [-0.2, -0.15) is 0 Å². The summed E-state index contributed by atoms with van der Waals surface area (Å²) in [6.45, 7) is 5.72. The Kier molecular flexibility index (Phi) is 8.15. The minimum Gasteiger partial charge on any atom is -0.497 e. The molecule has 0 aliphatic carbocycles. The van der Waals surface area contributed by atoms with Gasteiger partial charge in [-0.05, 0) is 61.2 Å². The lowest BCUT2D eigenvalue weighted by Crippen LogP contribution is -2.48. The van der Waals surface area contributed by atoms with Crippen LogP contribution in [0.3, 0.4) is 0 Å². The molecule has 0 bridgehead atoms. The van der Waals surface area contributed by atoms with Crippen LogP contribution < -0.4 is 14.4 Å². The summed E-state index contributed by atoms with van der Waals surface area (Å²) in [5.41, 5.74) is 1.32. The van der Waals surface area contributed by atoms with Gasteiger partial charge in [0.15, 0.2) is 0 Å². The van der Waals surface area contributed by atoms with Crippen molar-refractivity contribution in [2.45, 2.75) is 39.3 Å². The van der Waals surface area contributed by atoms with E-state index in [0.717, 1.165) is 21.9 Å². The average Bonchev–Trinajstić information content (AvgIpc) is 2.67. The van der Waals surface area contributed by atoms with Crippen molar-refractivity contribution in [1.82, 2.24) is 5.32 Å². The molecule has 30 heavy (non-hydrogen) atoms. The standard InChI is InChI=1S/C22H29ClN2O4S/c1-15(2)14-21(17-6-12-20(29-4)13-7-17)24-22(26)16(3)25(30(5,27)28)19-10-8-18(23)9-11-19/h6-13,15-16,21H,14H2,1-5H3,(H,24,26)/t16-,21+/m0/s1. The number of halogens is 1. The summed E-state index contributed by atoms with van der Waals surface area (Å²) in [6.07, 6.45) is 1.80. The molecular formula is C22H29ClN2O4S. The van der Waals surface area contributed by atoms with Crippen molar-refractivity contribution in [3.05, 3.63) is 59.1 Å². The summed E-state index contributed by atoms with van der Waals surface area (Å²) in [5.74, 6) is 0.680. The molecule has 0 spiro atoms. The van der Waals surface area contributed by atoms with Gasteiger partial charge in [0.05, 0.1) is 25.1 Å². The molecule has 0 aliphatic heterocycles. The molecule has 0 heterocycles. The SMILES string of the molecule is COc1ccc([C@@H](CC(C)C)NC(=O)[C@H](C)N(c2ccc(Cl)cc2)S(C)(=O)=O)cc1. The van der Waals surface area contributed by atoms with E-state index in [1.807, 2.05) is 24.3 Å². The van der Waals surface area contributed by atoms with Crippen LogP contribution in [0.1, 0.15) is 38.8 Å². The molecule has 2 atom stereocenters. The Hall–Kier alpha value is -2.25. The fourth-order valence-electron chi connectivity index (χ4n) is 3.28. The molecule has 2 aromatic carbocycles. The summed E-state index contributed by atoms with van der Waals surface area (Å²) in [7, 11) is -2.10. The smallest absolute Gasteiger partial charge is 0.244 e. The zero-order valence-electron chi connectivity index (χ0n) is 17.9. The van der Waals surface area contributed by atoms with Crippen LogP contribution in [-0.4, -0.2) is 33.7 Å². The van der Waals surface area contributed by atoms with Crippen LogP contribution in [0.4, 0.5) is 5.69 Å². The number of sulfonamides is 1. The molecule has 0 saturated heterocycles. The molecule has 6 nitrogen and oxygen atoms in total. The Labute approximate surface area is 184 Å². The second kappa shape index (κ2) is 10.2. The molecule has 1 N–H and O–H groups in total. The first-order valence-corrected chi connectivity index (χ1v) is 11.9. The Morgan fingerprint density at radius 2 is 1.63 bits per heavy atom. The zero-order chi connectivity index (χ0) is 22.5. The molecule has 1 amide bonds. The number of hydrogen-bond donors (Lipinski definition) is 1. The van der Waals surface area contributed by atoms with E-state index in [9.17, 15) is 13.2 Å². The highest BCUT2D eigenvalue weighted by Gasteiger charge is 2.30. The Morgan fingerprint density at radius 1 is 1.07 bits per heavy atom. The van der Waals surface area contributed by atoms with Crippen molar-refractivity contribution < 1.29 is 17.9 Å². The first-order chi connectivity index (χ1) is 14.0. The van der Waals surface area contributed by atoms with E-state index in [1.54, 1.807) is 38.3 Å². The second-order valence-electron chi connectivity index (χ2n) is 7.68. The number of ether oxygens (including phenoxy) is 1. The highest BCUT2D eigenvalue weighted by atomic mass is 35.5. The summed E-state index contributed by atoms with van der Waals surface area (Å²) in [4.78, 5) is 13.1. The zero-order valence-corrected chi connectivity index (χ0v) is 19.5. The van der Waals surface area contributed by atoms with Gasteiger partial charge in [-0.25, -0.2) is 8.42 Å². The predicted octanol–water partition coefficient (Wildman–Crippen LogP) is 4.41. The summed E-state index contributed by atoms with van der Waals surface area (Å²) >= 11 is 5.92. The summed E-state index contributed by atoms with van der Waals surface area (Å²) in [6, 6.07) is 12.7. The first-order valence-electron chi connectivity index (χ1n) is 9.72. The van der Waals surface area contributed by atoms with Crippen molar-refractivity contribution in [1.29, 1.82) is 0 Å². The van der Waals surface area contributed by atoms with Crippen LogP contribution >= 0.6 is 11.6 Å². The van der Waals surface area contributed by atoms with Crippen LogP contribution in [0.5, 0.6) is 5.75 Å². The second-order valence-corrected chi connectivity index (χ2v) is 9.97. The molecule has 0 saturated carbocycles. The van der Waals surface area contributed by atoms with Gasteiger partial charge >= 0.3 is 0 Å². The molecule has 0 radical (unpaired) electrons. The topological polar surface area (TPSA) is 75.7 Å². The van der Waals surface area contributed by atoms with Crippen LogP contribution in [0, 0.1) is 5.92 Å². The van der Waals surface area contributed by atoms with Gasteiger partial charge in [-0.15, -0.1) is 0 Å². The average molecular weight is 453 g/mol. The quantitative estimate of drug-likeness (QED) is 0.611. The first kappa shape index (κ1) is 24.0. The molecule has 0 aromatic heterocycles. The maximum Gasteiger partial charge on any atom is 0.244 e. The van der Waals surface area contributed by atoms with Crippen LogP contribution in [0.15, 0.2) is 48.5 Å². The molecule has 0 fully saturated rings. The van der Waals surface area contributed by atoms with E-state index < -0.39 is 16.1 Å². The number of methoxy groups -OCH3 is 1. The number of amides is 1. The van der Waals surface area contributed by atoms with Crippen LogP contribution in [-0.2, 0) is 14.8 Å². The third kappa shape index (κ3) is 6.37. The van der Waals surface area contributed by atoms with E-state index in [4.69, 9.17) is 16.3 Å². The van der Waals surface area contributed by atoms with E-state index >= 15 is 0 Å². The third-order valence-electron chi connectivity index (χ3n) is 4.71. The predicted molar refractivity (Wildman–Crippen MR) is 122 cm³/mol. The maximum atomic E-state index is 13.1. The van der Waals surface area contributed by atoms with Crippen LogP contribution in [0.25, 0.3) is 0 Å². The van der Waals surface area contributed by atoms with Crippen molar-refractivity contribution >= 4 is 33.2 Å². The van der Waals surface area contributed by atoms with E-state index in [0.29, 0.717) is 23.0 Å². The fourth-order valence-corrected chi connectivity index (χ4v) is 4.58. The molecular weight excluding hydrogens is 424 g/mol. The van der Waals surface area contributed by atoms with Crippen molar-refractivity contribution in [3.8, 4) is 5.75 Å². The molecule has 0 unspecified atom stereocenters. The van der Waals surface area contributed by atoms with Gasteiger partial charge in [0.2, 0.25) is 15.9 Å². The van der Waals surface area contributed by atoms with Gasteiger partial charge < -0.3 is 10.1 Å². The molecule has 8 heteroatoms. The van der Waals surface area contributed by atoms with Gasteiger partial charge in [-0.1, -0.05) is 37.6 Å². The van der Waals surface area contributed by atoms with Crippen molar-refractivity contribution in [2.24, 2.45) is 5.92 Å². The molecule has 164 valence electrons. The van der Waals surface area contributed by atoms with Crippen molar-refractivity contribution in [3.63, 3.8) is 0 Å². The van der Waals surface area contributed by atoms with E-state index in [1.165, 1.54) is 0 Å². The maximum absolute atomic E-state index is 13.1. The Bertz CT molecular complexity index is 944. The minimum atomic E-state index is -3.69. The number of nitrogens with zero attached hydrogens (tertiary/aromatic N) is 1. The lowest BCUT2D eigenvalue weighted by Gasteiger charge is -2.30. The van der Waals surface area contributed by atoms with Gasteiger partial charge in [0, 0.05) is 5.02 Å². The largest absolute Gasteiger partial charge is 0.497 e. The van der Waals surface area contributed by atoms with Gasteiger partial charge in [-0.3, -0.25) is 9.10 Å².